The first-order chi connectivity index (χ1) is 15.2. The highest BCUT2D eigenvalue weighted by molar-refractivity contribution is 14.0. The molecule has 0 radical (unpaired) electrons. The summed E-state index contributed by atoms with van der Waals surface area (Å²) in [4.78, 5) is 6.68. The summed E-state index contributed by atoms with van der Waals surface area (Å²) >= 11 is 6.20. The maximum absolute atomic E-state index is 6.20. The van der Waals surface area contributed by atoms with Crippen molar-refractivity contribution in [2.24, 2.45) is 4.99 Å². The summed E-state index contributed by atoms with van der Waals surface area (Å²) in [6, 6.07) is 12.0. The molecule has 1 unspecified atom stereocenters. The van der Waals surface area contributed by atoms with Gasteiger partial charge in [0.25, 0.3) is 0 Å². The number of ether oxygens (including phenoxy) is 1. The van der Waals surface area contributed by atoms with Crippen molar-refractivity contribution in [3.05, 3.63) is 53.4 Å². The highest BCUT2D eigenvalue weighted by atomic mass is 127. The van der Waals surface area contributed by atoms with E-state index < -0.39 is 0 Å². The molecule has 1 aromatic carbocycles. The van der Waals surface area contributed by atoms with Gasteiger partial charge in [-0.3, -0.25) is 9.39 Å². The van der Waals surface area contributed by atoms with Crippen LogP contribution < -0.4 is 20.3 Å². The van der Waals surface area contributed by atoms with Crippen LogP contribution in [0.4, 0.5) is 5.69 Å². The maximum atomic E-state index is 6.20. The van der Waals surface area contributed by atoms with Crippen molar-refractivity contribution < 1.29 is 4.74 Å². The summed E-state index contributed by atoms with van der Waals surface area (Å²) in [6.07, 6.45) is 4.80. The van der Waals surface area contributed by atoms with Gasteiger partial charge in [0.1, 0.15) is 11.6 Å². The van der Waals surface area contributed by atoms with Gasteiger partial charge in [-0.25, -0.2) is 0 Å². The van der Waals surface area contributed by atoms with E-state index >= 15 is 0 Å². The van der Waals surface area contributed by atoms with Gasteiger partial charge in [-0.1, -0.05) is 17.7 Å². The minimum atomic E-state index is 0. The Morgan fingerprint density at radius 2 is 2.16 bits per heavy atom. The highest BCUT2D eigenvalue weighted by Gasteiger charge is 2.25. The molecule has 32 heavy (non-hydrogen) atoms. The van der Waals surface area contributed by atoms with Crippen molar-refractivity contribution in [1.82, 2.24) is 25.2 Å². The standard InChI is InChI=1S/C22H28ClN7O.HI/c1-24-22(25-11-5-7-21-28-27-20-6-3-4-12-30(20)21)26-17-10-13-29(15-17)18-14-16(23)8-9-19(18)31-2;/h3-4,6,8-9,12,14,17H,5,7,10-11,13,15H2,1-2H3,(H2,24,25,26);1H. The predicted octanol–water partition coefficient (Wildman–Crippen LogP) is 3.39. The molecule has 2 aromatic heterocycles. The van der Waals surface area contributed by atoms with Gasteiger partial charge in [-0.2, -0.15) is 0 Å². The number of aryl methyl sites for hydroxylation is 1. The number of methoxy groups -OCH3 is 1. The summed E-state index contributed by atoms with van der Waals surface area (Å²) in [5, 5.41) is 16.1. The third kappa shape index (κ3) is 5.74. The third-order valence-electron chi connectivity index (χ3n) is 5.49. The van der Waals surface area contributed by atoms with Gasteiger partial charge in [-0.05, 0) is 43.2 Å². The third-order valence-corrected chi connectivity index (χ3v) is 5.72. The van der Waals surface area contributed by atoms with Crippen molar-refractivity contribution in [1.29, 1.82) is 0 Å². The Labute approximate surface area is 210 Å². The average molecular weight is 570 g/mol. The summed E-state index contributed by atoms with van der Waals surface area (Å²) in [5.41, 5.74) is 1.91. The van der Waals surface area contributed by atoms with Crippen LogP contribution >= 0.6 is 35.6 Å². The molecule has 1 atom stereocenters. The molecular weight excluding hydrogens is 541 g/mol. The minimum absolute atomic E-state index is 0. The highest BCUT2D eigenvalue weighted by Crippen LogP contribution is 2.33. The van der Waals surface area contributed by atoms with Crippen LogP contribution in [0.2, 0.25) is 5.02 Å². The van der Waals surface area contributed by atoms with Crippen LogP contribution in [0, 0.1) is 0 Å². The van der Waals surface area contributed by atoms with Gasteiger partial charge in [0.2, 0.25) is 0 Å². The normalized spacial score (nSPS) is 16.2. The van der Waals surface area contributed by atoms with Gasteiger partial charge < -0.3 is 20.3 Å². The zero-order valence-electron chi connectivity index (χ0n) is 18.3. The topological polar surface area (TPSA) is 79.1 Å². The number of rotatable bonds is 7. The lowest BCUT2D eigenvalue weighted by atomic mass is 10.2. The van der Waals surface area contributed by atoms with E-state index in [2.05, 4.69) is 30.7 Å². The Kier molecular flexibility index (Phi) is 8.80. The Morgan fingerprint density at radius 1 is 1.28 bits per heavy atom. The second-order valence-corrected chi connectivity index (χ2v) is 7.98. The number of halogens is 2. The van der Waals surface area contributed by atoms with Crippen LogP contribution in [0.25, 0.3) is 5.65 Å². The van der Waals surface area contributed by atoms with Crippen molar-refractivity contribution in [2.45, 2.75) is 25.3 Å². The lowest BCUT2D eigenvalue weighted by Crippen LogP contribution is -2.45. The van der Waals surface area contributed by atoms with Gasteiger partial charge in [0.15, 0.2) is 11.6 Å². The van der Waals surface area contributed by atoms with Gasteiger partial charge in [0.05, 0.1) is 12.8 Å². The molecule has 8 nitrogen and oxygen atoms in total. The largest absolute Gasteiger partial charge is 0.495 e. The number of anilines is 1. The molecule has 4 rings (SSSR count). The van der Waals surface area contributed by atoms with E-state index in [0.717, 1.165) is 67.8 Å². The van der Waals surface area contributed by atoms with Crippen LogP contribution in [-0.4, -0.2) is 60.4 Å². The van der Waals surface area contributed by atoms with Crippen LogP contribution in [-0.2, 0) is 6.42 Å². The number of nitrogens with one attached hydrogen (secondary N) is 2. The molecule has 2 N–H and O–H groups in total. The van der Waals surface area contributed by atoms with E-state index in [-0.39, 0.29) is 24.0 Å². The molecular formula is C22H29ClIN7O. The second kappa shape index (κ2) is 11.6. The molecule has 172 valence electrons. The van der Waals surface area contributed by atoms with Gasteiger partial charge in [-0.15, -0.1) is 34.2 Å². The molecule has 0 aliphatic carbocycles. The first-order valence-corrected chi connectivity index (χ1v) is 10.9. The number of guanidine groups is 1. The van der Waals surface area contributed by atoms with Crippen molar-refractivity contribution >= 4 is 52.9 Å². The number of aromatic nitrogens is 3. The zero-order valence-corrected chi connectivity index (χ0v) is 21.4. The second-order valence-electron chi connectivity index (χ2n) is 7.54. The smallest absolute Gasteiger partial charge is 0.191 e. The van der Waals surface area contributed by atoms with Gasteiger partial charge in [0, 0.05) is 50.4 Å². The molecule has 1 aliphatic heterocycles. The molecule has 3 heterocycles. The molecule has 1 saturated heterocycles. The Hall–Kier alpha value is -2.27. The van der Waals surface area contributed by atoms with E-state index in [4.69, 9.17) is 16.3 Å². The van der Waals surface area contributed by atoms with E-state index in [0.29, 0.717) is 11.1 Å². The fourth-order valence-electron chi connectivity index (χ4n) is 3.91. The van der Waals surface area contributed by atoms with Crippen molar-refractivity contribution in [3.8, 4) is 5.75 Å². The number of benzene rings is 1. The molecule has 0 bridgehead atoms. The number of hydrogen-bond acceptors (Lipinski definition) is 5. The number of aliphatic imine (C=N–C) groups is 1. The van der Waals surface area contributed by atoms with E-state index in [1.807, 2.05) is 47.0 Å². The lowest BCUT2D eigenvalue weighted by Gasteiger charge is -2.22. The quantitative estimate of drug-likeness (QED) is 0.197. The van der Waals surface area contributed by atoms with Crippen LogP contribution in [0.3, 0.4) is 0 Å². The maximum Gasteiger partial charge on any atom is 0.191 e. The first-order valence-electron chi connectivity index (χ1n) is 10.5. The van der Waals surface area contributed by atoms with Crippen LogP contribution in [0.5, 0.6) is 5.75 Å². The molecule has 10 heteroatoms. The fraction of sp³-hybridized carbons (Fsp3) is 0.409. The van der Waals surface area contributed by atoms with Crippen LogP contribution in [0.15, 0.2) is 47.6 Å². The van der Waals surface area contributed by atoms with E-state index in [1.54, 1.807) is 14.2 Å². The van der Waals surface area contributed by atoms with Crippen molar-refractivity contribution in [3.63, 3.8) is 0 Å². The molecule has 1 fully saturated rings. The summed E-state index contributed by atoms with van der Waals surface area (Å²) in [6.45, 7) is 2.61. The average Bonchev–Trinajstić information content (AvgIpc) is 3.43. The van der Waals surface area contributed by atoms with Crippen molar-refractivity contribution in [2.75, 3.05) is 38.7 Å². The number of nitrogens with zero attached hydrogens (tertiary/aromatic N) is 5. The lowest BCUT2D eigenvalue weighted by molar-refractivity contribution is 0.415. The number of pyridine rings is 1. The SMILES string of the molecule is CN=C(NCCCc1nnc2ccccn12)NC1CCN(c2cc(Cl)ccc2OC)C1.I. The predicted molar refractivity (Wildman–Crippen MR) is 140 cm³/mol. The van der Waals surface area contributed by atoms with E-state index in [1.165, 1.54) is 0 Å². The zero-order chi connectivity index (χ0) is 21.6. The number of fused-ring (bicyclic) bond motifs is 1. The fourth-order valence-corrected chi connectivity index (χ4v) is 4.08. The summed E-state index contributed by atoms with van der Waals surface area (Å²) < 4.78 is 7.54. The Balaban J connectivity index is 0.00000289. The van der Waals surface area contributed by atoms with Crippen LogP contribution in [0.1, 0.15) is 18.7 Å². The summed E-state index contributed by atoms with van der Waals surface area (Å²) in [5.74, 6) is 2.63. The Bertz CT molecular complexity index is 1060. The van der Waals surface area contributed by atoms with Gasteiger partial charge >= 0.3 is 0 Å². The molecule has 0 saturated carbocycles. The molecule has 0 amide bonds. The van der Waals surface area contributed by atoms with E-state index in [9.17, 15) is 0 Å². The monoisotopic (exact) mass is 569 g/mol. The molecule has 1 aliphatic rings. The number of hydrogen-bond donors (Lipinski definition) is 2. The minimum Gasteiger partial charge on any atom is -0.495 e. The summed E-state index contributed by atoms with van der Waals surface area (Å²) in [7, 11) is 3.49. The molecule has 0 spiro atoms. The first kappa shape index (κ1) is 24.4. The Morgan fingerprint density at radius 3 is 2.97 bits per heavy atom. The molecule has 3 aromatic rings.